The predicted octanol–water partition coefficient (Wildman–Crippen LogP) is 10.2. The van der Waals surface area contributed by atoms with E-state index in [0.29, 0.717) is 30.2 Å². The molecular formula is C48H65ClN2O6. The summed E-state index contributed by atoms with van der Waals surface area (Å²) in [7, 11) is 3.44. The van der Waals surface area contributed by atoms with Crippen LogP contribution in [0.15, 0.2) is 91.0 Å². The zero-order chi connectivity index (χ0) is 40.5. The monoisotopic (exact) mass is 800 g/mol. The van der Waals surface area contributed by atoms with Gasteiger partial charge < -0.3 is 39.8 Å². The molecule has 2 fully saturated rings. The first-order valence-electron chi connectivity index (χ1n) is 20.9. The summed E-state index contributed by atoms with van der Waals surface area (Å²) in [5.74, 6) is 3.23. The first kappa shape index (κ1) is 44.6. The highest BCUT2D eigenvalue weighted by Crippen LogP contribution is 2.46. The summed E-state index contributed by atoms with van der Waals surface area (Å²) in [6, 6.07) is 29.4. The van der Waals surface area contributed by atoms with E-state index >= 15 is 0 Å². The average Bonchev–Trinajstić information content (AvgIpc) is 3.24. The van der Waals surface area contributed by atoms with Crippen molar-refractivity contribution in [3.05, 3.63) is 118 Å². The molecule has 2 heterocycles. The second-order valence-corrected chi connectivity index (χ2v) is 16.2. The molecular weight excluding hydrogens is 736 g/mol. The van der Waals surface area contributed by atoms with Crippen LogP contribution in [-0.4, -0.2) is 63.8 Å². The molecule has 0 spiro atoms. The van der Waals surface area contributed by atoms with Crippen molar-refractivity contribution in [2.75, 3.05) is 53.6 Å². The normalized spacial score (nSPS) is 19.1. The first-order chi connectivity index (χ1) is 27.7. The third-order valence-electron chi connectivity index (χ3n) is 11.5. The quantitative estimate of drug-likeness (QED) is 0.0738. The summed E-state index contributed by atoms with van der Waals surface area (Å²) in [5.41, 5.74) is 2.09. The molecule has 0 aliphatic carbocycles. The van der Waals surface area contributed by atoms with Gasteiger partial charge in [0, 0.05) is 68.5 Å². The molecule has 0 saturated carbocycles. The molecule has 9 heteroatoms. The average molecular weight is 802 g/mol. The van der Waals surface area contributed by atoms with Crippen molar-refractivity contribution in [1.29, 1.82) is 0 Å². The van der Waals surface area contributed by atoms with E-state index in [0.717, 1.165) is 118 Å². The fraction of sp³-hybridized carbons (Fsp3) is 0.500. The molecule has 4 N–H and O–H groups in total. The van der Waals surface area contributed by atoms with Gasteiger partial charge in [-0.15, -0.1) is 0 Å². The lowest BCUT2D eigenvalue weighted by molar-refractivity contribution is -0.0450. The topological polar surface area (TPSA) is 101 Å². The second-order valence-electron chi connectivity index (χ2n) is 15.8. The van der Waals surface area contributed by atoms with E-state index in [9.17, 15) is 10.2 Å². The summed E-state index contributed by atoms with van der Waals surface area (Å²) in [4.78, 5) is 0. The third kappa shape index (κ3) is 12.8. The lowest BCUT2D eigenvalue weighted by Crippen LogP contribution is -2.44. The maximum atomic E-state index is 12.1. The largest absolute Gasteiger partial charge is 0.457 e. The Morgan fingerprint density at radius 3 is 1.61 bits per heavy atom. The molecule has 8 nitrogen and oxygen atoms in total. The maximum Gasteiger partial charge on any atom is 0.133 e. The Labute approximate surface area is 346 Å². The van der Waals surface area contributed by atoms with Crippen LogP contribution in [-0.2, 0) is 20.7 Å². The molecule has 6 rings (SSSR count). The number of aliphatic hydroxyl groups is 2. The van der Waals surface area contributed by atoms with Crippen LogP contribution in [0.4, 0.5) is 0 Å². The van der Waals surface area contributed by atoms with Crippen LogP contribution in [0, 0.1) is 25.7 Å². The van der Waals surface area contributed by atoms with E-state index < -0.39 is 11.2 Å². The fourth-order valence-electron chi connectivity index (χ4n) is 8.27. The van der Waals surface area contributed by atoms with Gasteiger partial charge in [0.1, 0.15) is 23.0 Å². The summed E-state index contributed by atoms with van der Waals surface area (Å²) in [5, 5.41) is 31.6. The van der Waals surface area contributed by atoms with Crippen LogP contribution in [0.1, 0.15) is 86.5 Å². The number of rotatable bonds is 18. The standard InChI is InChI=1S/C25H35NO3.C23H30ClNO3/c1-19-8-11-22(12-9-19)29-24-13-10-20(2)17-23(24)25(27,14-4-5-16-28-3)21-7-6-15-26-18-21;1-27-15-6-5-13-23(26,18-8-7-14-25-17-18)21-16-19(24)11-12-22(21)28-20-9-3-2-4-10-20/h8-13,17,21,26-27H,4-7,14-16,18H2,1-3H3;2-4,9-12,16,18,25-26H,5-8,13-15,17H2,1H3. The zero-order valence-corrected chi connectivity index (χ0v) is 35.3. The lowest BCUT2D eigenvalue weighted by atomic mass is 9.74. The van der Waals surface area contributed by atoms with Gasteiger partial charge in [0.2, 0.25) is 0 Å². The fourth-order valence-corrected chi connectivity index (χ4v) is 8.44. The van der Waals surface area contributed by atoms with Gasteiger partial charge in [-0.3, -0.25) is 0 Å². The molecule has 0 bridgehead atoms. The van der Waals surface area contributed by atoms with Gasteiger partial charge in [-0.2, -0.15) is 0 Å². The van der Waals surface area contributed by atoms with Crippen LogP contribution >= 0.6 is 11.6 Å². The SMILES string of the molecule is COCCCCC(O)(c1cc(C)ccc1Oc1ccc(C)cc1)C1CCCNC1.COCCCCC(O)(c1cc(Cl)ccc1Oc1ccccc1)C1CCCNC1. The Bertz CT molecular complexity index is 1760. The molecule has 0 aromatic heterocycles. The minimum absolute atomic E-state index is 0.111. The zero-order valence-electron chi connectivity index (χ0n) is 34.5. The van der Waals surface area contributed by atoms with E-state index in [1.54, 1.807) is 14.2 Å². The first-order valence-corrected chi connectivity index (χ1v) is 21.3. The van der Waals surface area contributed by atoms with E-state index in [-0.39, 0.29) is 11.8 Å². The third-order valence-corrected chi connectivity index (χ3v) is 11.7. The number of para-hydroxylation sites is 1. The molecule has 57 heavy (non-hydrogen) atoms. The molecule has 4 aromatic carbocycles. The number of benzene rings is 4. The Kier molecular flexibility index (Phi) is 17.7. The Morgan fingerprint density at radius 2 is 1.11 bits per heavy atom. The molecule has 2 aliphatic rings. The van der Waals surface area contributed by atoms with Crippen molar-refractivity contribution >= 4 is 11.6 Å². The molecule has 4 atom stereocenters. The maximum absolute atomic E-state index is 12.1. The number of ether oxygens (including phenoxy) is 4. The number of piperidine rings is 2. The van der Waals surface area contributed by atoms with Crippen molar-refractivity contribution in [3.63, 3.8) is 0 Å². The van der Waals surface area contributed by atoms with Gasteiger partial charge in [0.15, 0.2) is 0 Å². The smallest absolute Gasteiger partial charge is 0.133 e. The number of nitrogens with one attached hydrogen (secondary N) is 2. The molecule has 4 aromatic rings. The van der Waals surface area contributed by atoms with E-state index in [1.165, 1.54) is 5.56 Å². The van der Waals surface area contributed by atoms with Gasteiger partial charge in [0.05, 0.1) is 11.2 Å². The second kappa shape index (κ2) is 22.6. The van der Waals surface area contributed by atoms with Crippen LogP contribution in [0.3, 0.4) is 0 Å². The lowest BCUT2D eigenvalue weighted by Gasteiger charge is -2.40. The minimum Gasteiger partial charge on any atom is -0.457 e. The molecule has 0 radical (unpaired) electrons. The van der Waals surface area contributed by atoms with Gasteiger partial charge in [-0.25, -0.2) is 0 Å². The number of hydrogen-bond acceptors (Lipinski definition) is 8. The van der Waals surface area contributed by atoms with E-state index in [2.05, 4.69) is 36.6 Å². The van der Waals surface area contributed by atoms with Crippen LogP contribution in [0.2, 0.25) is 5.02 Å². The highest BCUT2D eigenvalue weighted by atomic mass is 35.5. The molecule has 0 amide bonds. The number of hydrogen-bond donors (Lipinski definition) is 4. The summed E-state index contributed by atoms with van der Waals surface area (Å²) in [6.45, 7) is 9.20. The van der Waals surface area contributed by atoms with Crippen molar-refractivity contribution in [2.45, 2.75) is 89.3 Å². The summed E-state index contributed by atoms with van der Waals surface area (Å²) in [6.07, 6.45) is 9.14. The van der Waals surface area contributed by atoms with Crippen molar-refractivity contribution in [2.24, 2.45) is 11.8 Å². The Hall–Kier alpha value is -3.47. The highest BCUT2D eigenvalue weighted by molar-refractivity contribution is 6.30. The van der Waals surface area contributed by atoms with Crippen LogP contribution < -0.4 is 20.1 Å². The van der Waals surface area contributed by atoms with E-state index in [4.69, 9.17) is 30.5 Å². The minimum atomic E-state index is -1.00. The summed E-state index contributed by atoms with van der Waals surface area (Å²) >= 11 is 6.35. The molecule has 310 valence electrons. The van der Waals surface area contributed by atoms with Gasteiger partial charge >= 0.3 is 0 Å². The van der Waals surface area contributed by atoms with Crippen LogP contribution in [0.5, 0.6) is 23.0 Å². The van der Waals surface area contributed by atoms with Gasteiger partial charge in [0.25, 0.3) is 0 Å². The van der Waals surface area contributed by atoms with Crippen molar-refractivity contribution in [3.8, 4) is 23.0 Å². The van der Waals surface area contributed by atoms with Crippen LogP contribution in [0.25, 0.3) is 0 Å². The predicted molar refractivity (Wildman–Crippen MR) is 231 cm³/mol. The number of unbranched alkanes of at least 4 members (excludes halogenated alkanes) is 2. The van der Waals surface area contributed by atoms with Crippen molar-refractivity contribution in [1.82, 2.24) is 10.6 Å². The van der Waals surface area contributed by atoms with Gasteiger partial charge in [-0.05, 0) is 146 Å². The number of methoxy groups -OCH3 is 2. The Morgan fingerprint density at radius 1 is 0.614 bits per heavy atom. The van der Waals surface area contributed by atoms with Gasteiger partial charge in [-0.1, -0.05) is 59.1 Å². The Balaban J connectivity index is 0.000000218. The molecule has 2 aliphatic heterocycles. The molecule has 4 unspecified atom stereocenters. The van der Waals surface area contributed by atoms with Crippen molar-refractivity contribution < 1.29 is 29.2 Å². The number of aryl methyl sites for hydroxylation is 2. The molecule has 2 saturated heterocycles. The number of halogens is 1. The highest BCUT2D eigenvalue weighted by Gasteiger charge is 2.42. The van der Waals surface area contributed by atoms with E-state index in [1.807, 2.05) is 78.9 Å². The summed E-state index contributed by atoms with van der Waals surface area (Å²) < 4.78 is 22.9.